The number of ether oxygens (including phenoxy) is 1. The van der Waals surface area contributed by atoms with Crippen LogP contribution in [0, 0.1) is 6.92 Å². The topological polar surface area (TPSA) is 101 Å². The van der Waals surface area contributed by atoms with Gasteiger partial charge in [-0.05, 0) is 55.0 Å². The first kappa shape index (κ1) is 23.2. The molecule has 0 spiro atoms. The SMILES string of the molecule is Cc1cc(N2CCOCS2(=O)=O)ccc1C(=O)Nc1ccc(Cl)c(-c2ncc3ccccc3n2)c1. The summed E-state index contributed by atoms with van der Waals surface area (Å²) in [5.74, 6) is -0.225. The van der Waals surface area contributed by atoms with Gasteiger partial charge >= 0.3 is 0 Å². The molecular formula is C25H21ClN4O4S. The Labute approximate surface area is 207 Å². The molecule has 0 saturated carbocycles. The summed E-state index contributed by atoms with van der Waals surface area (Å²) in [6.45, 7) is 2.32. The van der Waals surface area contributed by atoms with E-state index in [-0.39, 0.29) is 18.4 Å². The van der Waals surface area contributed by atoms with Crippen LogP contribution < -0.4 is 9.62 Å². The van der Waals surface area contributed by atoms with Gasteiger partial charge in [-0.3, -0.25) is 9.10 Å². The molecule has 0 bridgehead atoms. The molecule has 0 radical (unpaired) electrons. The third kappa shape index (κ3) is 4.70. The molecule has 1 aliphatic heterocycles. The average Bonchev–Trinajstić information content (AvgIpc) is 2.84. The number of amides is 1. The van der Waals surface area contributed by atoms with E-state index in [9.17, 15) is 13.2 Å². The zero-order chi connectivity index (χ0) is 24.6. The quantitative estimate of drug-likeness (QED) is 0.431. The fourth-order valence-electron chi connectivity index (χ4n) is 3.94. The second-order valence-corrected chi connectivity index (χ2v) is 10.4. The summed E-state index contributed by atoms with van der Waals surface area (Å²) in [5.41, 5.74) is 3.50. The van der Waals surface area contributed by atoms with Crippen molar-refractivity contribution in [2.45, 2.75) is 6.92 Å². The summed E-state index contributed by atoms with van der Waals surface area (Å²) < 4.78 is 31.0. The van der Waals surface area contributed by atoms with Crippen LogP contribution in [0.3, 0.4) is 0 Å². The summed E-state index contributed by atoms with van der Waals surface area (Å²) in [5, 5.41) is 4.26. The number of halogens is 1. The number of sulfonamides is 1. The van der Waals surface area contributed by atoms with Gasteiger partial charge in [0.15, 0.2) is 11.8 Å². The lowest BCUT2D eigenvalue weighted by Gasteiger charge is -2.28. The average molecular weight is 509 g/mol. The molecule has 8 nitrogen and oxygen atoms in total. The van der Waals surface area contributed by atoms with Crippen LogP contribution in [0.15, 0.2) is 66.9 Å². The maximum atomic E-state index is 13.0. The summed E-state index contributed by atoms with van der Waals surface area (Å²) in [7, 11) is -3.54. The first-order valence-electron chi connectivity index (χ1n) is 10.8. The smallest absolute Gasteiger partial charge is 0.259 e. The Morgan fingerprint density at radius 1 is 1.11 bits per heavy atom. The van der Waals surface area contributed by atoms with Crippen LogP contribution in [0.4, 0.5) is 11.4 Å². The van der Waals surface area contributed by atoms with Gasteiger partial charge in [-0.15, -0.1) is 0 Å². The maximum Gasteiger partial charge on any atom is 0.259 e. The molecule has 2 heterocycles. The third-order valence-electron chi connectivity index (χ3n) is 5.70. The first-order chi connectivity index (χ1) is 16.8. The first-order valence-corrected chi connectivity index (χ1v) is 12.8. The number of fused-ring (bicyclic) bond motifs is 1. The highest BCUT2D eigenvalue weighted by Crippen LogP contribution is 2.30. The van der Waals surface area contributed by atoms with E-state index in [0.29, 0.717) is 45.5 Å². The van der Waals surface area contributed by atoms with E-state index in [4.69, 9.17) is 16.3 Å². The van der Waals surface area contributed by atoms with Crippen LogP contribution in [0.25, 0.3) is 22.3 Å². The lowest BCUT2D eigenvalue weighted by molar-refractivity contribution is 0.102. The Balaban J connectivity index is 1.40. The van der Waals surface area contributed by atoms with Gasteiger partial charge in [0.2, 0.25) is 0 Å². The van der Waals surface area contributed by atoms with E-state index in [1.54, 1.807) is 49.5 Å². The van der Waals surface area contributed by atoms with Crippen LogP contribution in [0.2, 0.25) is 5.02 Å². The van der Waals surface area contributed by atoms with Crippen molar-refractivity contribution in [2.75, 3.05) is 28.7 Å². The number of para-hydroxylation sites is 1. The van der Waals surface area contributed by atoms with Crippen molar-refractivity contribution < 1.29 is 17.9 Å². The molecule has 35 heavy (non-hydrogen) atoms. The molecule has 10 heteroatoms. The van der Waals surface area contributed by atoms with Gasteiger partial charge in [0, 0.05) is 28.4 Å². The molecule has 1 amide bonds. The fourth-order valence-corrected chi connectivity index (χ4v) is 5.38. The number of aryl methyl sites for hydroxylation is 1. The van der Waals surface area contributed by atoms with Crippen molar-refractivity contribution in [1.82, 2.24) is 9.97 Å². The van der Waals surface area contributed by atoms with Gasteiger partial charge in [-0.25, -0.2) is 18.4 Å². The number of anilines is 2. The highest BCUT2D eigenvalue weighted by Gasteiger charge is 2.27. The number of nitrogens with zero attached hydrogens (tertiary/aromatic N) is 3. The van der Waals surface area contributed by atoms with E-state index in [0.717, 1.165) is 10.9 Å². The van der Waals surface area contributed by atoms with Gasteiger partial charge in [-0.2, -0.15) is 0 Å². The van der Waals surface area contributed by atoms with E-state index in [2.05, 4.69) is 15.3 Å². The minimum atomic E-state index is -3.54. The van der Waals surface area contributed by atoms with Gasteiger partial charge in [0.1, 0.15) is 0 Å². The zero-order valence-electron chi connectivity index (χ0n) is 18.7. The van der Waals surface area contributed by atoms with Crippen molar-refractivity contribution >= 4 is 49.8 Å². The van der Waals surface area contributed by atoms with E-state index in [1.165, 1.54) is 4.31 Å². The molecular weight excluding hydrogens is 488 g/mol. The molecule has 0 atom stereocenters. The second-order valence-electron chi connectivity index (χ2n) is 8.11. The summed E-state index contributed by atoms with van der Waals surface area (Å²) >= 11 is 6.42. The Bertz CT molecular complexity index is 1560. The Morgan fingerprint density at radius 2 is 1.94 bits per heavy atom. The number of aromatic nitrogens is 2. The minimum absolute atomic E-state index is 0.234. The van der Waals surface area contributed by atoms with Crippen LogP contribution in [0.5, 0.6) is 0 Å². The van der Waals surface area contributed by atoms with Crippen molar-refractivity contribution in [1.29, 1.82) is 0 Å². The largest absolute Gasteiger partial charge is 0.362 e. The monoisotopic (exact) mass is 508 g/mol. The van der Waals surface area contributed by atoms with E-state index in [1.807, 2.05) is 24.3 Å². The number of nitrogens with one attached hydrogen (secondary N) is 1. The van der Waals surface area contributed by atoms with Crippen LogP contribution in [-0.4, -0.2) is 43.4 Å². The number of carbonyl (C=O) groups excluding carboxylic acids is 1. The van der Waals surface area contributed by atoms with Gasteiger partial charge in [-0.1, -0.05) is 29.8 Å². The summed E-state index contributed by atoms with van der Waals surface area (Å²) in [6, 6.07) is 17.7. The number of hydrogen-bond acceptors (Lipinski definition) is 6. The van der Waals surface area contributed by atoms with Crippen molar-refractivity contribution in [3.8, 4) is 11.4 Å². The predicted molar refractivity (Wildman–Crippen MR) is 136 cm³/mol. The van der Waals surface area contributed by atoms with Crippen LogP contribution in [-0.2, 0) is 14.8 Å². The molecule has 3 aromatic carbocycles. The highest BCUT2D eigenvalue weighted by atomic mass is 35.5. The molecule has 5 rings (SSSR count). The standard InChI is InChI=1S/C25H21ClN4O4S/c1-16-12-19(30-10-11-34-15-35(30,32)33)7-8-20(16)25(31)28-18-6-9-22(26)21(13-18)24-27-14-17-4-2-3-5-23(17)29-24/h2-9,12-14H,10-11,15H2,1H3,(H,28,31). The summed E-state index contributed by atoms with van der Waals surface area (Å²) in [4.78, 5) is 22.0. The molecule has 1 saturated heterocycles. The van der Waals surface area contributed by atoms with Crippen LogP contribution >= 0.6 is 11.6 Å². The van der Waals surface area contributed by atoms with Crippen molar-refractivity contribution in [2.24, 2.45) is 0 Å². The van der Waals surface area contributed by atoms with Crippen molar-refractivity contribution in [3.63, 3.8) is 0 Å². The molecule has 178 valence electrons. The van der Waals surface area contributed by atoms with Crippen molar-refractivity contribution in [3.05, 3.63) is 83.0 Å². The molecule has 0 unspecified atom stereocenters. The lowest BCUT2D eigenvalue weighted by atomic mass is 10.1. The predicted octanol–water partition coefficient (Wildman–Crippen LogP) is 4.63. The van der Waals surface area contributed by atoms with E-state index >= 15 is 0 Å². The Morgan fingerprint density at radius 3 is 2.74 bits per heavy atom. The zero-order valence-corrected chi connectivity index (χ0v) is 20.3. The fraction of sp³-hybridized carbons (Fsp3) is 0.160. The molecule has 1 fully saturated rings. The van der Waals surface area contributed by atoms with E-state index < -0.39 is 10.0 Å². The Hall–Kier alpha value is -3.53. The molecule has 0 aliphatic carbocycles. The van der Waals surface area contributed by atoms with Gasteiger partial charge in [0.25, 0.3) is 15.9 Å². The highest BCUT2D eigenvalue weighted by molar-refractivity contribution is 7.92. The molecule has 1 aromatic heterocycles. The maximum absolute atomic E-state index is 13.0. The molecule has 1 aliphatic rings. The van der Waals surface area contributed by atoms with Crippen LogP contribution in [0.1, 0.15) is 15.9 Å². The Kier molecular flexibility index (Phi) is 6.14. The normalized spacial score (nSPS) is 15.2. The van der Waals surface area contributed by atoms with Gasteiger partial charge < -0.3 is 10.1 Å². The minimum Gasteiger partial charge on any atom is -0.362 e. The van der Waals surface area contributed by atoms with Gasteiger partial charge in [0.05, 0.1) is 29.4 Å². The number of hydrogen-bond donors (Lipinski definition) is 1. The summed E-state index contributed by atoms with van der Waals surface area (Å²) in [6.07, 6.45) is 1.73. The number of benzene rings is 3. The third-order valence-corrected chi connectivity index (χ3v) is 7.56. The molecule has 4 aromatic rings. The second kappa shape index (κ2) is 9.26. The number of carbonyl (C=O) groups is 1. The lowest BCUT2D eigenvalue weighted by Crippen LogP contribution is -2.41. The number of rotatable bonds is 4. The molecule has 1 N–H and O–H groups in total.